The maximum absolute atomic E-state index is 12.6. The average Bonchev–Trinajstić information content (AvgIpc) is 2.88. The topological polar surface area (TPSA) is 55.1 Å². The number of nitrogens with one attached hydrogen (secondary N) is 1. The highest BCUT2D eigenvalue weighted by Gasteiger charge is 2.59. The molecular formula is C17H23ClN2O. The van der Waals surface area contributed by atoms with Crippen molar-refractivity contribution in [3.05, 3.63) is 28.8 Å². The maximum Gasteiger partial charge on any atom is 0.253 e. The molecule has 0 aromatic heterocycles. The van der Waals surface area contributed by atoms with Crippen LogP contribution < -0.4 is 11.1 Å². The third-order valence-electron chi connectivity index (χ3n) is 5.81. The number of amides is 1. The molecule has 2 aliphatic carbocycles. The van der Waals surface area contributed by atoms with Crippen molar-refractivity contribution in [1.29, 1.82) is 0 Å². The molecule has 3 unspecified atom stereocenters. The molecule has 1 amide bonds. The van der Waals surface area contributed by atoms with Crippen molar-refractivity contribution >= 4 is 23.2 Å². The van der Waals surface area contributed by atoms with Gasteiger partial charge in [-0.05, 0) is 54.2 Å². The van der Waals surface area contributed by atoms with E-state index in [0.717, 1.165) is 0 Å². The first kappa shape index (κ1) is 14.7. The number of hydrogen-bond donors (Lipinski definition) is 2. The van der Waals surface area contributed by atoms with Crippen LogP contribution in [-0.2, 0) is 0 Å². The van der Waals surface area contributed by atoms with Gasteiger partial charge in [0.2, 0.25) is 0 Å². The second-order valence-electron chi connectivity index (χ2n) is 7.55. The molecule has 0 radical (unpaired) electrons. The number of benzene rings is 1. The molecule has 2 bridgehead atoms. The van der Waals surface area contributed by atoms with Crippen LogP contribution in [0, 0.1) is 16.7 Å². The van der Waals surface area contributed by atoms with Gasteiger partial charge < -0.3 is 11.1 Å². The Kier molecular flexibility index (Phi) is 3.25. The lowest BCUT2D eigenvalue weighted by atomic mass is 9.68. The number of anilines is 1. The number of carbonyl (C=O) groups excluding carboxylic acids is 1. The number of halogens is 1. The lowest BCUT2D eigenvalue weighted by Crippen LogP contribution is -2.52. The van der Waals surface area contributed by atoms with Crippen LogP contribution in [0.25, 0.3) is 0 Å². The Morgan fingerprint density at radius 3 is 2.71 bits per heavy atom. The van der Waals surface area contributed by atoms with Crippen molar-refractivity contribution in [2.75, 3.05) is 5.73 Å². The van der Waals surface area contributed by atoms with Crippen molar-refractivity contribution in [1.82, 2.24) is 5.32 Å². The maximum atomic E-state index is 12.6. The van der Waals surface area contributed by atoms with E-state index in [2.05, 4.69) is 26.1 Å². The number of nitrogens with two attached hydrogens (primary N) is 1. The van der Waals surface area contributed by atoms with Crippen LogP contribution in [0.3, 0.4) is 0 Å². The van der Waals surface area contributed by atoms with Crippen LogP contribution >= 0.6 is 11.6 Å². The number of fused-ring (bicyclic) bond motifs is 2. The predicted octanol–water partition coefficient (Wildman–Crippen LogP) is 3.87. The molecule has 2 saturated carbocycles. The summed E-state index contributed by atoms with van der Waals surface area (Å²) >= 11 is 5.99. The van der Waals surface area contributed by atoms with Gasteiger partial charge in [0, 0.05) is 16.8 Å². The second kappa shape index (κ2) is 4.64. The van der Waals surface area contributed by atoms with Gasteiger partial charge in [-0.3, -0.25) is 4.79 Å². The first-order valence-corrected chi connectivity index (χ1v) is 7.98. The normalized spacial score (nSPS) is 33.1. The summed E-state index contributed by atoms with van der Waals surface area (Å²) in [7, 11) is 0. The molecule has 21 heavy (non-hydrogen) atoms. The number of nitrogen functional groups attached to an aromatic ring is 1. The van der Waals surface area contributed by atoms with E-state index < -0.39 is 0 Å². The first-order chi connectivity index (χ1) is 9.74. The van der Waals surface area contributed by atoms with Crippen molar-refractivity contribution in [3.63, 3.8) is 0 Å². The van der Waals surface area contributed by atoms with Crippen molar-refractivity contribution in [3.8, 4) is 0 Å². The largest absolute Gasteiger partial charge is 0.398 e. The molecule has 3 rings (SSSR count). The highest BCUT2D eigenvalue weighted by Crippen LogP contribution is 2.62. The lowest BCUT2D eigenvalue weighted by Gasteiger charge is -2.43. The molecule has 4 heteroatoms. The molecule has 3 atom stereocenters. The predicted molar refractivity (Wildman–Crippen MR) is 86.3 cm³/mol. The van der Waals surface area contributed by atoms with Gasteiger partial charge in [-0.2, -0.15) is 0 Å². The Bertz CT molecular complexity index is 594. The standard InChI is InChI=1S/C17H23ClN2O/c1-16(2)10-6-7-17(3,9-10)15(16)20-14(21)12-8-11(18)4-5-13(12)19/h4-5,8,10,15H,6-7,9,19H2,1-3H3,(H,20,21). The van der Waals surface area contributed by atoms with Crippen molar-refractivity contribution in [2.45, 2.75) is 46.1 Å². The molecule has 0 saturated heterocycles. The summed E-state index contributed by atoms with van der Waals surface area (Å²) in [5.41, 5.74) is 7.21. The highest BCUT2D eigenvalue weighted by molar-refractivity contribution is 6.31. The molecule has 3 nitrogen and oxygen atoms in total. The SMILES string of the molecule is CC12CCC(C1)C(C)(C)C2NC(=O)c1cc(Cl)ccc1N. The van der Waals surface area contributed by atoms with Gasteiger partial charge in [0.1, 0.15) is 0 Å². The van der Waals surface area contributed by atoms with E-state index in [1.807, 2.05) is 0 Å². The average molecular weight is 307 g/mol. The fourth-order valence-corrected chi connectivity index (χ4v) is 4.77. The fourth-order valence-electron chi connectivity index (χ4n) is 4.60. The van der Waals surface area contributed by atoms with Crippen LogP contribution in [0.1, 0.15) is 50.4 Å². The molecular weight excluding hydrogens is 284 g/mol. The summed E-state index contributed by atoms with van der Waals surface area (Å²) in [6.07, 6.45) is 3.67. The molecule has 114 valence electrons. The summed E-state index contributed by atoms with van der Waals surface area (Å²) in [6.45, 7) is 6.84. The van der Waals surface area contributed by atoms with Gasteiger partial charge in [-0.25, -0.2) is 0 Å². The minimum atomic E-state index is -0.109. The van der Waals surface area contributed by atoms with Gasteiger partial charge in [0.05, 0.1) is 5.56 Å². The van der Waals surface area contributed by atoms with Crippen LogP contribution in [0.5, 0.6) is 0 Å². The monoisotopic (exact) mass is 306 g/mol. The molecule has 0 spiro atoms. The Hall–Kier alpha value is -1.22. The third kappa shape index (κ3) is 2.22. The second-order valence-corrected chi connectivity index (χ2v) is 7.99. The third-order valence-corrected chi connectivity index (χ3v) is 6.04. The van der Waals surface area contributed by atoms with E-state index in [1.54, 1.807) is 18.2 Å². The number of rotatable bonds is 2. The smallest absolute Gasteiger partial charge is 0.253 e. The quantitative estimate of drug-likeness (QED) is 0.815. The minimum absolute atomic E-state index is 0.109. The summed E-state index contributed by atoms with van der Waals surface area (Å²) in [6, 6.07) is 5.23. The molecule has 3 N–H and O–H groups in total. The van der Waals surface area contributed by atoms with Crippen molar-refractivity contribution in [2.24, 2.45) is 16.7 Å². The van der Waals surface area contributed by atoms with Crippen molar-refractivity contribution < 1.29 is 4.79 Å². The van der Waals surface area contributed by atoms with Crippen LogP contribution in [0.4, 0.5) is 5.69 Å². The Balaban J connectivity index is 1.86. The van der Waals surface area contributed by atoms with Gasteiger partial charge in [-0.15, -0.1) is 0 Å². The van der Waals surface area contributed by atoms with E-state index in [-0.39, 0.29) is 22.8 Å². The Labute approximate surface area is 131 Å². The van der Waals surface area contributed by atoms with E-state index in [9.17, 15) is 4.79 Å². The number of carbonyl (C=O) groups is 1. The van der Waals surface area contributed by atoms with Gasteiger partial charge >= 0.3 is 0 Å². The van der Waals surface area contributed by atoms with Gasteiger partial charge in [-0.1, -0.05) is 32.4 Å². The highest BCUT2D eigenvalue weighted by atomic mass is 35.5. The van der Waals surface area contributed by atoms with E-state index in [1.165, 1.54) is 19.3 Å². The lowest BCUT2D eigenvalue weighted by molar-refractivity contribution is 0.0738. The van der Waals surface area contributed by atoms with Crippen LogP contribution in [0.2, 0.25) is 5.02 Å². The molecule has 0 heterocycles. The zero-order valence-corrected chi connectivity index (χ0v) is 13.6. The number of hydrogen-bond acceptors (Lipinski definition) is 2. The summed E-state index contributed by atoms with van der Waals surface area (Å²) in [4.78, 5) is 12.6. The summed E-state index contributed by atoms with van der Waals surface area (Å²) in [5, 5.41) is 3.78. The zero-order valence-electron chi connectivity index (χ0n) is 12.9. The molecule has 1 aromatic rings. The molecule has 2 fully saturated rings. The summed E-state index contributed by atoms with van der Waals surface area (Å²) in [5.74, 6) is 0.589. The van der Waals surface area contributed by atoms with Crippen LogP contribution in [-0.4, -0.2) is 11.9 Å². The van der Waals surface area contributed by atoms with E-state index in [4.69, 9.17) is 17.3 Å². The van der Waals surface area contributed by atoms with Crippen LogP contribution in [0.15, 0.2) is 18.2 Å². The Morgan fingerprint density at radius 2 is 2.10 bits per heavy atom. The van der Waals surface area contributed by atoms with Gasteiger partial charge in [0.25, 0.3) is 5.91 Å². The first-order valence-electron chi connectivity index (χ1n) is 7.60. The molecule has 0 aliphatic heterocycles. The summed E-state index contributed by atoms with van der Waals surface area (Å²) < 4.78 is 0. The zero-order chi connectivity index (χ0) is 15.4. The molecule has 1 aromatic carbocycles. The van der Waals surface area contributed by atoms with Gasteiger partial charge in [0.15, 0.2) is 0 Å². The molecule has 2 aliphatic rings. The van der Waals surface area contributed by atoms with E-state index >= 15 is 0 Å². The fraction of sp³-hybridized carbons (Fsp3) is 0.588. The Morgan fingerprint density at radius 1 is 1.38 bits per heavy atom. The van der Waals surface area contributed by atoms with E-state index in [0.29, 0.717) is 22.2 Å². The minimum Gasteiger partial charge on any atom is -0.398 e.